The Labute approximate surface area is 141 Å². The Balaban J connectivity index is 1.62. The van der Waals surface area contributed by atoms with Gasteiger partial charge in [-0.15, -0.1) is 10.2 Å². The van der Waals surface area contributed by atoms with Gasteiger partial charge < -0.3 is 9.47 Å². The minimum absolute atomic E-state index is 0.0462. The van der Waals surface area contributed by atoms with E-state index in [9.17, 15) is 4.79 Å². The van der Waals surface area contributed by atoms with Crippen molar-refractivity contribution in [3.05, 3.63) is 42.2 Å². The van der Waals surface area contributed by atoms with Crippen LogP contribution in [0.2, 0.25) is 0 Å². The molecule has 5 nitrogen and oxygen atoms in total. The molecule has 23 heavy (non-hydrogen) atoms. The second kappa shape index (κ2) is 6.74. The van der Waals surface area contributed by atoms with Crippen LogP contribution in [0.15, 0.2) is 41.8 Å². The molecule has 0 N–H and O–H groups in total. The van der Waals surface area contributed by atoms with E-state index in [1.54, 1.807) is 18.1 Å². The summed E-state index contributed by atoms with van der Waals surface area (Å²) in [6.07, 6.45) is 3.24. The third kappa shape index (κ3) is 3.58. The van der Waals surface area contributed by atoms with E-state index in [4.69, 9.17) is 0 Å². The number of rotatable bonds is 5. The fraction of sp³-hybridized carbons (Fsp3) is 0.471. The smallest absolute Gasteiger partial charge is 0.222 e. The van der Waals surface area contributed by atoms with Gasteiger partial charge in [0.2, 0.25) is 5.91 Å². The average molecular weight is 330 g/mol. The van der Waals surface area contributed by atoms with Gasteiger partial charge in [-0.3, -0.25) is 4.79 Å². The summed E-state index contributed by atoms with van der Waals surface area (Å²) in [5.41, 5.74) is 1.36. The summed E-state index contributed by atoms with van der Waals surface area (Å²) in [4.78, 5) is 14.3. The quantitative estimate of drug-likeness (QED) is 0.791. The number of hydrogen-bond donors (Lipinski definition) is 0. The third-order valence-corrected chi connectivity index (χ3v) is 5.53. The van der Waals surface area contributed by atoms with Crippen LogP contribution in [0.1, 0.15) is 25.3 Å². The molecule has 2 heterocycles. The van der Waals surface area contributed by atoms with Gasteiger partial charge in [0.25, 0.3) is 0 Å². The zero-order chi connectivity index (χ0) is 16.3. The molecule has 1 saturated heterocycles. The number of likely N-dealkylation sites (tertiary alicyclic amines) is 1. The molecule has 1 aromatic carbocycles. The molecule has 0 bridgehead atoms. The van der Waals surface area contributed by atoms with Gasteiger partial charge in [-0.25, -0.2) is 0 Å². The molecule has 2 aromatic rings. The Morgan fingerprint density at radius 2 is 2.09 bits per heavy atom. The number of nitrogens with zero attached hydrogens (tertiary/aromatic N) is 4. The molecule has 1 aromatic heterocycles. The lowest BCUT2D eigenvalue weighted by Gasteiger charge is -2.40. The highest BCUT2D eigenvalue weighted by molar-refractivity contribution is 7.99. The Hall–Kier alpha value is -1.82. The summed E-state index contributed by atoms with van der Waals surface area (Å²) in [6, 6.07) is 10.5. The predicted octanol–water partition coefficient (Wildman–Crippen LogP) is 2.49. The highest BCUT2D eigenvalue weighted by atomic mass is 32.2. The first-order valence-electron chi connectivity index (χ1n) is 7.89. The Morgan fingerprint density at radius 3 is 2.78 bits per heavy atom. The van der Waals surface area contributed by atoms with E-state index in [1.165, 1.54) is 5.56 Å². The van der Waals surface area contributed by atoms with E-state index >= 15 is 0 Å². The van der Waals surface area contributed by atoms with Gasteiger partial charge in [-0.05, 0) is 12.0 Å². The summed E-state index contributed by atoms with van der Waals surface area (Å²) in [5, 5.41) is 8.83. The molecule has 1 aliphatic rings. The third-order valence-electron chi connectivity index (χ3n) is 4.52. The van der Waals surface area contributed by atoms with Crippen LogP contribution in [0, 0.1) is 0 Å². The highest BCUT2D eigenvalue weighted by Gasteiger charge is 2.35. The van der Waals surface area contributed by atoms with E-state index in [2.05, 4.69) is 41.4 Å². The predicted molar refractivity (Wildman–Crippen MR) is 91.3 cm³/mol. The van der Waals surface area contributed by atoms with Crippen molar-refractivity contribution in [1.82, 2.24) is 19.7 Å². The summed E-state index contributed by atoms with van der Waals surface area (Å²) < 4.78 is 1.90. The average Bonchev–Trinajstić information content (AvgIpc) is 2.97. The first-order chi connectivity index (χ1) is 11.1. The molecule has 3 rings (SSSR count). The Bertz CT molecular complexity index is 672. The second-order valence-corrected chi connectivity index (χ2v) is 7.38. The van der Waals surface area contributed by atoms with Gasteiger partial charge in [-0.1, -0.05) is 49.0 Å². The van der Waals surface area contributed by atoms with Crippen molar-refractivity contribution in [3.63, 3.8) is 0 Å². The molecular weight excluding hydrogens is 308 g/mol. The lowest BCUT2D eigenvalue weighted by molar-refractivity contribution is -0.134. The minimum atomic E-state index is 0.0462. The van der Waals surface area contributed by atoms with Crippen LogP contribution in [0.25, 0.3) is 0 Å². The van der Waals surface area contributed by atoms with Gasteiger partial charge in [-0.2, -0.15) is 0 Å². The topological polar surface area (TPSA) is 51.0 Å². The molecule has 1 fully saturated rings. The maximum atomic E-state index is 12.3. The molecule has 0 saturated carbocycles. The van der Waals surface area contributed by atoms with E-state index in [-0.39, 0.29) is 11.3 Å². The van der Waals surface area contributed by atoms with Crippen molar-refractivity contribution in [1.29, 1.82) is 0 Å². The fourth-order valence-corrected chi connectivity index (χ4v) is 3.91. The van der Waals surface area contributed by atoms with Gasteiger partial charge in [0.15, 0.2) is 5.16 Å². The molecule has 6 heteroatoms. The SMILES string of the molecule is Cn1cnnc1SCCN1C[C@](C)(c2ccccc2)CCC1=O. The molecule has 1 atom stereocenters. The minimum Gasteiger partial charge on any atom is -0.341 e. The van der Waals surface area contributed by atoms with Crippen LogP contribution in [-0.2, 0) is 17.3 Å². The monoisotopic (exact) mass is 330 g/mol. The fourth-order valence-electron chi connectivity index (χ4n) is 3.06. The largest absolute Gasteiger partial charge is 0.341 e. The number of piperidine rings is 1. The summed E-state index contributed by atoms with van der Waals surface area (Å²) >= 11 is 1.64. The first kappa shape index (κ1) is 16.1. The number of thioether (sulfide) groups is 1. The summed E-state index contributed by atoms with van der Waals surface area (Å²) in [5.74, 6) is 1.10. The van der Waals surface area contributed by atoms with Crippen molar-refractivity contribution in [3.8, 4) is 0 Å². The standard InChI is InChI=1S/C17H22N4OS/c1-17(14-6-4-3-5-7-14)9-8-15(22)21(12-17)10-11-23-16-19-18-13-20(16)2/h3-7,13H,8-12H2,1-2H3/t17-/m1/s1. The van der Waals surface area contributed by atoms with Gasteiger partial charge in [0, 0.05) is 37.7 Å². The molecule has 1 amide bonds. The van der Waals surface area contributed by atoms with Crippen molar-refractivity contribution in [2.75, 3.05) is 18.8 Å². The van der Waals surface area contributed by atoms with Crippen LogP contribution in [-0.4, -0.2) is 44.4 Å². The van der Waals surface area contributed by atoms with Crippen LogP contribution in [0.4, 0.5) is 0 Å². The number of benzene rings is 1. The molecule has 0 radical (unpaired) electrons. The molecule has 0 aliphatic carbocycles. The zero-order valence-electron chi connectivity index (χ0n) is 13.6. The Morgan fingerprint density at radius 1 is 1.30 bits per heavy atom. The first-order valence-corrected chi connectivity index (χ1v) is 8.87. The van der Waals surface area contributed by atoms with Crippen molar-refractivity contribution in [2.45, 2.75) is 30.3 Å². The number of carbonyl (C=O) groups is 1. The molecule has 122 valence electrons. The maximum Gasteiger partial charge on any atom is 0.222 e. The van der Waals surface area contributed by atoms with Crippen molar-refractivity contribution >= 4 is 17.7 Å². The summed E-state index contributed by atoms with van der Waals surface area (Å²) in [7, 11) is 1.93. The maximum absolute atomic E-state index is 12.3. The van der Waals surface area contributed by atoms with Gasteiger partial charge in [0.1, 0.15) is 6.33 Å². The molecule has 1 aliphatic heterocycles. The number of aryl methyl sites for hydroxylation is 1. The number of carbonyl (C=O) groups excluding carboxylic acids is 1. The lowest BCUT2D eigenvalue weighted by Crippen LogP contribution is -2.48. The number of hydrogen-bond acceptors (Lipinski definition) is 4. The Kier molecular flexibility index (Phi) is 4.71. The highest BCUT2D eigenvalue weighted by Crippen LogP contribution is 2.34. The van der Waals surface area contributed by atoms with Crippen LogP contribution < -0.4 is 0 Å². The van der Waals surface area contributed by atoms with E-state index in [1.807, 2.05) is 22.6 Å². The van der Waals surface area contributed by atoms with Gasteiger partial charge >= 0.3 is 0 Å². The lowest BCUT2D eigenvalue weighted by atomic mass is 9.76. The van der Waals surface area contributed by atoms with Crippen LogP contribution in [0.3, 0.4) is 0 Å². The molecule has 0 spiro atoms. The van der Waals surface area contributed by atoms with Gasteiger partial charge in [0.05, 0.1) is 0 Å². The zero-order valence-corrected chi connectivity index (χ0v) is 14.4. The van der Waals surface area contributed by atoms with Crippen LogP contribution in [0.5, 0.6) is 0 Å². The van der Waals surface area contributed by atoms with Crippen LogP contribution >= 0.6 is 11.8 Å². The van der Waals surface area contributed by atoms with E-state index in [0.29, 0.717) is 6.42 Å². The number of amides is 1. The number of aromatic nitrogens is 3. The molecule has 0 unspecified atom stereocenters. The molecular formula is C17H22N4OS. The summed E-state index contributed by atoms with van der Waals surface area (Å²) in [6.45, 7) is 3.80. The normalized spacial score (nSPS) is 21.7. The van der Waals surface area contributed by atoms with Crippen molar-refractivity contribution in [2.24, 2.45) is 7.05 Å². The van der Waals surface area contributed by atoms with E-state index < -0.39 is 0 Å². The van der Waals surface area contributed by atoms with E-state index in [0.717, 1.165) is 30.4 Å². The van der Waals surface area contributed by atoms with Crippen molar-refractivity contribution < 1.29 is 4.79 Å². The second-order valence-electron chi connectivity index (χ2n) is 6.31.